The zero-order valence-electron chi connectivity index (χ0n) is 12.0. The summed E-state index contributed by atoms with van der Waals surface area (Å²) in [6, 6.07) is 9.48. The van der Waals surface area contributed by atoms with E-state index in [2.05, 4.69) is 29.3 Å². The van der Waals surface area contributed by atoms with E-state index in [4.69, 9.17) is 4.52 Å². The summed E-state index contributed by atoms with van der Waals surface area (Å²) >= 11 is 0. The number of nitrogens with one attached hydrogen (secondary N) is 2. The van der Waals surface area contributed by atoms with E-state index in [0.29, 0.717) is 5.92 Å². The van der Waals surface area contributed by atoms with Gasteiger partial charge in [0.2, 0.25) is 5.76 Å². The summed E-state index contributed by atoms with van der Waals surface area (Å²) in [7, 11) is 0. The minimum absolute atomic E-state index is 0.232. The first-order valence-corrected chi connectivity index (χ1v) is 6.96. The van der Waals surface area contributed by atoms with Crippen molar-refractivity contribution < 1.29 is 9.32 Å². The number of carbonyl (C=O) groups is 1. The number of aromatic nitrogens is 2. The fraction of sp³-hybridized carbons (Fsp3) is 0.250. The number of amides is 1. The summed E-state index contributed by atoms with van der Waals surface area (Å²) in [5.41, 5.74) is 2.51. The van der Waals surface area contributed by atoms with Gasteiger partial charge in [-0.2, -0.15) is 0 Å². The molecule has 1 amide bonds. The Labute approximate surface area is 122 Å². The van der Waals surface area contributed by atoms with E-state index in [1.807, 2.05) is 24.3 Å². The predicted octanol–water partition coefficient (Wildman–Crippen LogP) is 3.61. The average Bonchev–Trinajstić information content (AvgIpc) is 3.06. The Balaban J connectivity index is 1.78. The number of carbonyl (C=O) groups excluding carboxylic acids is 1. The molecule has 21 heavy (non-hydrogen) atoms. The third kappa shape index (κ3) is 2.81. The average molecular weight is 283 g/mol. The SMILES string of the molecule is CC(C)Cc1cc(C(=O)Nc2c[nH]c3ccccc23)on1. The standard InChI is InChI=1S/C16H17N3O2/c1-10(2)7-11-8-15(21-19-11)16(20)18-14-9-17-13-6-4-3-5-12(13)14/h3-6,8-10,17H,7H2,1-2H3,(H,18,20). The molecule has 3 aromatic rings. The third-order valence-electron chi connectivity index (χ3n) is 3.24. The van der Waals surface area contributed by atoms with Crippen LogP contribution in [-0.2, 0) is 6.42 Å². The monoisotopic (exact) mass is 283 g/mol. The number of benzene rings is 1. The first-order valence-electron chi connectivity index (χ1n) is 6.96. The maximum Gasteiger partial charge on any atom is 0.294 e. The molecule has 5 heteroatoms. The van der Waals surface area contributed by atoms with Gasteiger partial charge < -0.3 is 14.8 Å². The summed E-state index contributed by atoms with van der Waals surface area (Å²) in [6.45, 7) is 4.20. The van der Waals surface area contributed by atoms with E-state index in [1.54, 1.807) is 12.3 Å². The van der Waals surface area contributed by atoms with Crippen molar-refractivity contribution in [1.82, 2.24) is 10.1 Å². The lowest BCUT2D eigenvalue weighted by atomic mass is 10.1. The maximum atomic E-state index is 12.2. The molecule has 0 unspecified atom stereocenters. The second-order valence-corrected chi connectivity index (χ2v) is 5.48. The summed E-state index contributed by atoms with van der Waals surface area (Å²) < 4.78 is 5.12. The highest BCUT2D eigenvalue weighted by Gasteiger charge is 2.15. The molecular weight excluding hydrogens is 266 g/mol. The molecule has 0 fully saturated rings. The fourth-order valence-corrected chi connectivity index (χ4v) is 2.29. The Kier molecular flexibility index (Phi) is 3.48. The maximum absolute atomic E-state index is 12.2. The minimum Gasteiger partial charge on any atom is -0.359 e. The van der Waals surface area contributed by atoms with Gasteiger partial charge in [0, 0.05) is 23.2 Å². The van der Waals surface area contributed by atoms with Gasteiger partial charge in [-0.3, -0.25) is 4.79 Å². The van der Waals surface area contributed by atoms with E-state index in [0.717, 1.165) is 28.7 Å². The van der Waals surface area contributed by atoms with E-state index in [1.165, 1.54) is 0 Å². The van der Waals surface area contributed by atoms with E-state index in [9.17, 15) is 4.79 Å². The highest BCUT2D eigenvalue weighted by Crippen LogP contribution is 2.23. The Morgan fingerprint density at radius 3 is 3.00 bits per heavy atom. The van der Waals surface area contributed by atoms with Crippen molar-refractivity contribution in [2.75, 3.05) is 5.32 Å². The molecule has 1 aromatic carbocycles. The summed E-state index contributed by atoms with van der Waals surface area (Å²) in [5, 5.41) is 7.73. The van der Waals surface area contributed by atoms with Crippen LogP contribution in [0, 0.1) is 5.92 Å². The van der Waals surface area contributed by atoms with Crippen LogP contribution in [0.5, 0.6) is 0 Å². The molecule has 108 valence electrons. The van der Waals surface area contributed by atoms with Gasteiger partial charge in [0.25, 0.3) is 5.91 Å². The first kappa shape index (κ1) is 13.4. The van der Waals surface area contributed by atoms with Crippen LogP contribution in [0.4, 0.5) is 5.69 Å². The van der Waals surface area contributed by atoms with Gasteiger partial charge in [0.05, 0.1) is 11.4 Å². The van der Waals surface area contributed by atoms with Crippen LogP contribution in [0.1, 0.15) is 30.1 Å². The molecular formula is C16H17N3O2. The molecule has 0 bridgehead atoms. The highest BCUT2D eigenvalue weighted by molar-refractivity contribution is 6.07. The Bertz CT molecular complexity index is 771. The Morgan fingerprint density at radius 2 is 2.19 bits per heavy atom. The number of rotatable bonds is 4. The lowest BCUT2D eigenvalue weighted by molar-refractivity contribution is 0.0988. The lowest BCUT2D eigenvalue weighted by Crippen LogP contribution is -2.10. The molecule has 0 atom stereocenters. The number of para-hydroxylation sites is 1. The minimum atomic E-state index is -0.290. The van der Waals surface area contributed by atoms with Crippen LogP contribution in [0.2, 0.25) is 0 Å². The van der Waals surface area contributed by atoms with Crippen LogP contribution in [0.3, 0.4) is 0 Å². The number of anilines is 1. The van der Waals surface area contributed by atoms with E-state index < -0.39 is 0 Å². The second-order valence-electron chi connectivity index (χ2n) is 5.48. The molecule has 0 spiro atoms. The molecule has 0 saturated carbocycles. The third-order valence-corrected chi connectivity index (χ3v) is 3.24. The molecule has 0 saturated heterocycles. The molecule has 5 nitrogen and oxygen atoms in total. The quantitative estimate of drug-likeness (QED) is 0.768. The second kappa shape index (κ2) is 5.44. The smallest absolute Gasteiger partial charge is 0.294 e. The van der Waals surface area contributed by atoms with Gasteiger partial charge >= 0.3 is 0 Å². The Morgan fingerprint density at radius 1 is 1.38 bits per heavy atom. The van der Waals surface area contributed by atoms with Crippen molar-refractivity contribution in [3.63, 3.8) is 0 Å². The van der Waals surface area contributed by atoms with Gasteiger partial charge in [0.15, 0.2) is 0 Å². The van der Waals surface area contributed by atoms with Crippen LogP contribution < -0.4 is 5.32 Å². The highest BCUT2D eigenvalue weighted by atomic mass is 16.5. The molecule has 0 aliphatic heterocycles. The topological polar surface area (TPSA) is 70.9 Å². The zero-order valence-corrected chi connectivity index (χ0v) is 12.0. The molecule has 2 N–H and O–H groups in total. The van der Waals surface area contributed by atoms with Gasteiger partial charge in [-0.1, -0.05) is 37.2 Å². The van der Waals surface area contributed by atoms with Gasteiger partial charge in [-0.05, 0) is 18.4 Å². The molecule has 0 radical (unpaired) electrons. The first-order chi connectivity index (χ1) is 10.1. The van der Waals surface area contributed by atoms with Crippen molar-refractivity contribution >= 4 is 22.5 Å². The van der Waals surface area contributed by atoms with Crippen LogP contribution in [-0.4, -0.2) is 16.0 Å². The van der Waals surface area contributed by atoms with Crippen LogP contribution in [0.15, 0.2) is 41.1 Å². The fourth-order valence-electron chi connectivity index (χ4n) is 2.29. The van der Waals surface area contributed by atoms with Crippen molar-refractivity contribution in [3.05, 3.63) is 48.0 Å². The molecule has 0 aliphatic carbocycles. The van der Waals surface area contributed by atoms with Gasteiger partial charge in [0.1, 0.15) is 0 Å². The van der Waals surface area contributed by atoms with Crippen LogP contribution in [0.25, 0.3) is 10.9 Å². The Hall–Kier alpha value is -2.56. The summed E-state index contributed by atoms with van der Waals surface area (Å²) in [4.78, 5) is 15.3. The number of aromatic amines is 1. The predicted molar refractivity (Wildman–Crippen MR) is 81.3 cm³/mol. The largest absolute Gasteiger partial charge is 0.359 e. The van der Waals surface area contributed by atoms with Crippen molar-refractivity contribution in [1.29, 1.82) is 0 Å². The summed E-state index contributed by atoms with van der Waals surface area (Å²) in [5.74, 6) is 0.415. The number of nitrogens with zero attached hydrogens (tertiary/aromatic N) is 1. The molecule has 2 heterocycles. The molecule has 3 rings (SSSR count). The lowest BCUT2D eigenvalue weighted by Gasteiger charge is -2.00. The molecule has 2 aromatic heterocycles. The van der Waals surface area contributed by atoms with Crippen molar-refractivity contribution in [2.24, 2.45) is 5.92 Å². The van der Waals surface area contributed by atoms with Crippen molar-refractivity contribution in [2.45, 2.75) is 20.3 Å². The normalized spacial score (nSPS) is 11.2. The number of hydrogen-bond acceptors (Lipinski definition) is 3. The number of fused-ring (bicyclic) bond motifs is 1. The van der Waals surface area contributed by atoms with Gasteiger partial charge in [-0.15, -0.1) is 0 Å². The molecule has 0 aliphatic rings. The van der Waals surface area contributed by atoms with Gasteiger partial charge in [-0.25, -0.2) is 0 Å². The summed E-state index contributed by atoms with van der Waals surface area (Å²) in [6.07, 6.45) is 2.57. The van der Waals surface area contributed by atoms with Crippen LogP contribution >= 0.6 is 0 Å². The zero-order chi connectivity index (χ0) is 14.8. The van der Waals surface area contributed by atoms with E-state index in [-0.39, 0.29) is 11.7 Å². The van der Waals surface area contributed by atoms with E-state index >= 15 is 0 Å². The van der Waals surface area contributed by atoms with Crippen molar-refractivity contribution in [3.8, 4) is 0 Å². The number of H-pyrrole nitrogens is 1. The number of hydrogen-bond donors (Lipinski definition) is 2.